The maximum Gasteiger partial charge on any atom is 0.294 e. The Hall–Kier alpha value is -2.81. The van der Waals surface area contributed by atoms with Gasteiger partial charge in [0.2, 0.25) is 11.0 Å². The molecule has 3 aromatic rings. The van der Waals surface area contributed by atoms with E-state index in [1.54, 1.807) is 4.57 Å². The summed E-state index contributed by atoms with van der Waals surface area (Å²) in [7, 11) is 0. The molecule has 0 spiro atoms. The number of hydrogen-bond acceptors (Lipinski definition) is 7. The van der Waals surface area contributed by atoms with Crippen LogP contribution in [-0.4, -0.2) is 38.7 Å². The Morgan fingerprint density at radius 2 is 1.97 bits per heavy atom. The highest BCUT2D eigenvalue weighted by atomic mass is 32.1. The van der Waals surface area contributed by atoms with E-state index in [9.17, 15) is 9.59 Å². The summed E-state index contributed by atoms with van der Waals surface area (Å²) in [5, 5.41) is 12.5. The van der Waals surface area contributed by atoms with Gasteiger partial charge in [0.15, 0.2) is 5.82 Å². The van der Waals surface area contributed by atoms with Crippen LogP contribution < -0.4 is 15.8 Å². The quantitative estimate of drug-likeness (QED) is 0.672. The van der Waals surface area contributed by atoms with Crippen molar-refractivity contribution in [3.63, 3.8) is 0 Å². The average Bonchev–Trinajstić information content (AvgIpc) is 3.23. The van der Waals surface area contributed by atoms with Gasteiger partial charge in [-0.2, -0.15) is 0 Å². The maximum absolute atomic E-state index is 13.1. The molecule has 1 aliphatic heterocycles. The normalized spacial score (nSPS) is 16.5. The van der Waals surface area contributed by atoms with Gasteiger partial charge in [-0.15, -0.1) is 10.2 Å². The van der Waals surface area contributed by atoms with Crippen molar-refractivity contribution in [2.45, 2.75) is 44.6 Å². The van der Waals surface area contributed by atoms with E-state index in [1.165, 1.54) is 11.3 Å². The van der Waals surface area contributed by atoms with Crippen molar-refractivity contribution >= 4 is 39.2 Å². The molecule has 0 bridgehead atoms. The molecule has 1 aromatic carbocycles. The van der Waals surface area contributed by atoms with Crippen molar-refractivity contribution in [3.8, 4) is 0 Å². The summed E-state index contributed by atoms with van der Waals surface area (Å²) in [4.78, 5) is 32.2. The minimum Gasteiger partial charge on any atom is -0.352 e. The van der Waals surface area contributed by atoms with Crippen LogP contribution in [0.15, 0.2) is 29.1 Å². The van der Waals surface area contributed by atoms with Gasteiger partial charge in [-0.3, -0.25) is 9.59 Å². The van der Waals surface area contributed by atoms with E-state index in [0.717, 1.165) is 54.8 Å². The fourth-order valence-electron chi connectivity index (χ4n) is 3.71. The van der Waals surface area contributed by atoms with Crippen molar-refractivity contribution in [3.05, 3.63) is 39.6 Å². The van der Waals surface area contributed by atoms with Crippen molar-refractivity contribution in [2.24, 2.45) is 0 Å². The zero-order valence-electron chi connectivity index (χ0n) is 16.0. The molecule has 2 fully saturated rings. The fourth-order valence-corrected chi connectivity index (χ4v) is 4.64. The average molecular weight is 411 g/mol. The Morgan fingerprint density at radius 1 is 1.17 bits per heavy atom. The predicted molar refractivity (Wildman–Crippen MR) is 113 cm³/mol. The van der Waals surface area contributed by atoms with Crippen molar-refractivity contribution < 1.29 is 4.79 Å². The van der Waals surface area contributed by atoms with Crippen LogP contribution in [-0.2, 0) is 11.3 Å². The molecule has 2 aliphatic rings. The molecule has 5 rings (SSSR count). The van der Waals surface area contributed by atoms with Crippen molar-refractivity contribution in [1.82, 2.24) is 19.7 Å². The first-order chi connectivity index (χ1) is 14.2. The first kappa shape index (κ1) is 18.2. The molecule has 0 radical (unpaired) electrons. The molecule has 1 saturated carbocycles. The summed E-state index contributed by atoms with van der Waals surface area (Å²) in [5.74, 6) is 0.836. The summed E-state index contributed by atoms with van der Waals surface area (Å²) in [5.41, 5.74) is 1.39. The van der Waals surface area contributed by atoms with E-state index in [-0.39, 0.29) is 17.9 Å². The van der Waals surface area contributed by atoms with Gasteiger partial charge in [0.1, 0.15) is 5.01 Å². The summed E-state index contributed by atoms with van der Waals surface area (Å²) in [6.45, 7) is 1.99. The lowest BCUT2D eigenvalue weighted by molar-refractivity contribution is -0.116. The van der Waals surface area contributed by atoms with Crippen LogP contribution >= 0.6 is 11.3 Å². The molecule has 3 heterocycles. The molecule has 29 heavy (non-hydrogen) atoms. The highest BCUT2D eigenvalue weighted by Gasteiger charge is 2.27. The SMILES string of the molecule is O=C(CCn1c(=O)c(N2CCCC2)nc2ccccc21)Nc1nnc(C2CC2)s1. The predicted octanol–water partition coefficient (Wildman–Crippen LogP) is 2.75. The summed E-state index contributed by atoms with van der Waals surface area (Å²) in [6, 6.07) is 7.58. The molecular formula is C20H22N6O2S. The molecule has 150 valence electrons. The number of hydrogen-bond donors (Lipinski definition) is 1. The maximum atomic E-state index is 13.1. The molecule has 9 heteroatoms. The lowest BCUT2D eigenvalue weighted by Gasteiger charge is -2.18. The third-order valence-electron chi connectivity index (χ3n) is 5.42. The lowest BCUT2D eigenvalue weighted by atomic mass is 10.2. The summed E-state index contributed by atoms with van der Waals surface area (Å²) < 4.78 is 1.67. The molecule has 1 aliphatic carbocycles. The monoisotopic (exact) mass is 410 g/mol. The van der Waals surface area contributed by atoms with Crippen LogP contribution in [0, 0.1) is 0 Å². The van der Waals surface area contributed by atoms with Crippen molar-refractivity contribution in [1.29, 1.82) is 0 Å². The van der Waals surface area contributed by atoms with Gasteiger partial charge in [-0.05, 0) is 37.8 Å². The number of nitrogens with one attached hydrogen (secondary N) is 1. The smallest absolute Gasteiger partial charge is 0.294 e. The number of carbonyl (C=O) groups excluding carboxylic acids is 1. The number of carbonyl (C=O) groups is 1. The van der Waals surface area contributed by atoms with E-state index in [4.69, 9.17) is 0 Å². The molecule has 1 N–H and O–H groups in total. The van der Waals surface area contributed by atoms with Gasteiger partial charge in [-0.1, -0.05) is 23.5 Å². The van der Waals surface area contributed by atoms with E-state index in [2.05, 4.69) is 20.5 Å². The lowest BCUT2D eigenvalue weighted by Crippen LogP contribution is -2.32. The van der Waals surface area contributed by atoms with Gasteiger partial charge >= 0.3 is 0 Å². The number of para-hydroxylation sites is 2. The van der Waals surface area contributed by atoms with Gasteiger partial charge in [0.05, 0.1) is 11.0 Å². The van der Waals surface area contributed by atoms with Crippen molar-refractivity contribution in [2.75, 3.05) is 23.3 Å². The van der Waals surface area contributed by atoms with Crippen LogP contribution in [0.25, 0.3) is 11.0 Å². The number of fused-ring (bicyclic) bond motifs is 1. The number of rotatable bonds is 6. The Kier molecular flexibility index (Phi) is 4.75. The Balaban J connectivity index is 1.36. The first-order valence-corrected chi connectivity index (χ1v) is 10.9. The van der Waals surface area contributed by atoms with Crippen LogP contribution in [0.4, 0.5) is 10.9 Å². The number of nitrogens with zero attached hydrogens (tertiary/aromatic N) is 5. The largest absolute Gasteiger partial charge is 0.352 e. The number of aromatic nitrogens is 4. The van der Waals surface area contributed by atoms with Gasteiger partial charge in [0, 0.05) is 32.0 Å². The molecule has 1 saturated heterocycles. The first-order valence-electron chi connectivity index (χ1n) is 10.1. The molecule has 0 atom stereocenters. The Labute approximate surface area is 171 Å². The number of anilines is 2. The van der Waals surface area contributed by atoms with Crippen LogP contribution in [0.1, 0.15) is 43.0 Å². The fraction of sp³-hybridized carbons (Fsp3) is 0.450. The molecular weight excluding hydrogens is 388 g/mol. The Morgan fingerprint density at radius 3 is 2.76 bits per heavy atom. The zero-order chi connectivity index (χ0) is 19.8. The third-order valence-corrected chi connectivity index (χ3v) is 6.42. The number of amides is 1. The minimum absolute atomic E-state index is 0.134. The van der Waals surface area contributed by atoms with E-state index < -0.39 is 0 Å². The highest BCUT2D eigenvalue weighted by Crippen LogP contribution is 2.42. The Bertz CT molecular complexity index is 1110. The third kappa shape index (κ3) is 3.74. The summed E-state index contributed by atoms with van der Waals surface area (Å²) in [6.07, 6.45) is 4.63. The van der Waals surface area contributed by atoms with Gasteiger partial charge < -0.3 is 14.8 Å². The molecule has 2 aromatic heterocycles. The van der Waals surface area contributed by atoms with Crippen LogP contribution in [0.2, 0.25) is 0 Å². The zero-order valence-corrected chi connectivity index (χ0v) is 16.8. The molecule has 0 unspecified atom stereocenters. The standard InChI is InChI=1S/C20H22N6O2S/c27-16(22-20-24-23-18(29-20)13-7-8-13)9-12-26-15-6-2-1-5-14(15)21-17(19(26)28)25-10-3-4-11-25/h1-2,5-6,13H,3-4,7-12H2,(H,22,24,27). The van der Waals surface area contributed by atoms with Crippen LogP contribution in [0.3, 0.4) is 0 Å². The minimum atomic E-state index is -0.168. The second kappa shape index (κ2) is 7.55. The highest BCUT2D eigenvalue weighted by molar-refractivity contribution is 7.15. The second-order valence-corrected chi connectivity index (χ2v) is 8.60. The van der Waals surface area contributed by atoms with E-state index in [0.29, 0.717) is 23.4 Å². The number of benzene rings is 1. The number of aryl methyl sites for hydroxylation is 1. The molecule has 1 amide bonds. The van der Waals surface area contributed by atoms with E-state index in [1.807, 2.05) is 29.2 Å². The van der Waals surface area contributed by atoms with Crippen LogP contribution in [0.5, 0.6) is 0 Å². The van der Waals surface area contributed by atoms with Gasteiger partial charge in [-0.25, -0.2) is 4.98 Å². The summed E-state index contributed by atoms with van der Waals surface area (Å²) >= 11 is 1.44. The second-order valence-electron chi connectivity index (χ2n) is 7.59. The topological polar surface area (TPSA) is 93.0 Å². The van der Waals surface area contributed by atoms with E-state index >= 15 is 0 Å². The molecule has 8 nitrogen and oxygen atoms in total. The van der Waals surface area contributed by atoms with Gasteiger partial charge in [0.25, 0.3) is 5.56 Å².